The Morgan fingerprint density at radius 2 is 0.893 bits per heavy atom. The van der Waals surface area contributed by atoms with E-state index in [1.54, 1.807) is 0 Å². The third kappa shape index (κ3) is 2.57. The monoisotopic (exact) mass is 394 g/mol. The van der Waals surface area contributed by atoms with Gasteiger partial charge in [0.15, 0.2) is 0 Å². The van der Waals surface area contributed by atoms with Crippen molar-refractivity contribution in [1.29, 1.82) is 0 Å². The van der Waals surface area contributed by atoms with Crippen molar-refractivity contribution in [2.75, 3.05) is 0 Å². The fraction of sp³-hybridized carbons (Fsp3) is 0.0741. The molecule has 4 aromatic carbocycles. The van der Waals surface area contributed by atoms with E-state index in [0.29, 0.717) is 0 Å². The van der Waals surface area contributed by atoms with Gasteiger partial charge in [-0.3, -0.25) is 0 Å². The van der Waals surface area contributed by atoms with E-state index in [1.165, 1.54) is 55.6 Å². The molecule has 0 N–H and O–H groups in total. The van der Waals surface area contributed by atoms with Crippen molar-refractivity contribution in [1.82, 2.24) is 0 Å². The smallest absolute Gasteiger partial charge is 0 e. The summed E-state index contributed by atoms with van der Waals surface area (Å²) in [4.78, 5) is 0. The van der Waals surface area contributed by atoms with Gasteiger partial charge in [0.2, 0.25) is 0 Å². The Morgan fingerprint density at radius 1 is 0.464 bits per heavy atom. The Balaban J connectivity index is 0.00000171. The normalized spacial score (nSPS) is 12.4. The second-order valence-electron chi connectivity index (χ2n) is 7.56. The van der Waals surface area contributed by atoms with Crippen LogP contribution in [0.2, 0.25) is 0 Å². The summed E-state index contributed by atoms with van der Waals surface area (Å²) in [5, 5.41) is 0. The predicted molar refractivity (Wildman–Crippen MR) is 112 cm³/mol. The first-order valence-electron chi connectivity index (χ1n) is 9.63. The molecule has 0 amide bonds. The molecule has 2 aliphatic carbocycles. The maximum Gasteiger partial charge on any atom is 0 e. The van der Waals surface area contributed by atoms with Crippen LogP contribution < -0.4 is 0 Å². The molecule has 0 nitrogen and oxygen atoms in total. The average molecular weight is 394 g/mol. The van der Waals surface area contributed by atoms with Crippen molar-refractivity contribution in [2.45, 2.75) is 12.8 Å². The second-order valence-corrected chi connectivity index (χ2v) is 7.56. The minimum absolute atomic E-state index is 0. The van der Waals surface area contributed by atoms with Crippen LogP contribution in [0.1, 0.15) is 33.4 Å². The SMILES string of the molecule is [V].c1ccc2c(c1)Cc1c([CH-]c3cccc4c3Cc3ccccc3-4)cccc1-2. The Labute approximate surface area is 178 Å². The summed E-state index contributed by atoms with van der Waals surface area (Å²) in [5.74, 6) is 0. The molecule has 0 heterocycles. The topological polar surface area (TPSA) is 0 Å². The predicted octanol–water partition coefficient (Wildman–Crippen LogP) is 6.43. The zero-order chi connectivity index (χ0) is 17.8. The first-order chi connectivity index (χ1) is 13.4. The molecule has 0 saturated carbocycles. The Bertz CT molecular complexity index is 1110. The summed E-state index contributed by atoms with van der Waals surface area (Å²) in [6.45, 7) is 0. The fourth-order valence-electron chi connectivity index (χ4n) is 4.80. The third-order valence-electron chi connectivity index (χ3n) is 6.09. The molecule has 28 heavy (non-hydrogen) atoms. The summed E-state index contributed by atoms with van der Waals surface area (Å²) in [6, 6.07) is 31.1. The van der Waals surface area contributed by atoms with Gasteiger partial charge in [0.1, 0.15) is 0 Å². The molecular weight excluding hydrogens is 375 g/mol. The molecule has 4 aromatic rings. The van der Waals surface area contributed by atoms with Crippen LogP contribution in [0.15, 0.2) is 84.9 Å². The van der Waals surface area contributed by atoms with Gasteiger partial charge in [-0.15, -0.1) is 29.7 Å². The molecule has 0 aromatic heterocycles. The van der Waals surface area contributed by atoms with E-state index < -0.39 is 0 Å². The summed E-state index contributed by atoms with van der Waals surface area (Å²) >= 11 is 0. The summed E-state index contributed by atoms with van der Waals surface area (Å²) in [7, 11) is 0. The molecule has 0 fully saturated rings. The molecule has 6 rings (SSSR count). The maximum atomic E-state index is 2.40. The van der Waals surface area contributed by atoms with Crippen LogP contribution >= 0.6 is 0 Å². The van der Waals surface area contributed by atoms with Gasteiger partial charge >= 0.3 is 0 Å². The van der Waals surface area contributed by atoms with Gasteiger partial charge in [-0.05, 0) is 46.2 Å². The van der Waals surface area contributed by atoms with E-state index in [9.17, 15) is 0 Å². The van der Waals surface area contributed by atoms with Crippen molar-refractivity contribution in [2.24, 2.45) is 0 Å². The van der Waals surface area contributed by atoms with E-state index in [4.69, 9.17) is 0 Å². The first-order valence-corrected chi connectivity index (χ1v) is 9.63. The van der Waals surface area contributed by atoms with Gasteiger partial charge in [-0.25, -0.2) is 0 Å². The minimum atomic E-state index is 0. The van der Waals surface area contributed by atoms with Crippen LogP contribution in [0.3, 0.4) is 0 Å². The summed E-state index contributed by atoms with van der Waals surface area (Å²) < 4.78 is 0. The van der Waals surface area contributed by atoms with E-state index >= 15 is 0 Å². The number of hydrogen-bond donors (Lipinski definition) is 0. The molecule has 2 aliphatic rings. The van der Waals surface area contributed by atoms with Crippen molar-refractivity contribution in [3.8, 4) is 22.3 Å². The van der Waals surface area contributed by atoms with Gasteiger partial charge < -0.3 is 0 Å². The minimum Gasteiger partial charge on any atom is -0.126 e. The van der Waals surface area contributed by atoms with Crippen LogP contribution in [-0.4, -0.2) is 0 Å². The van der Waals surface area contributed by atoms with Crippen molar-refractivity contribution < 1.29 is 18.6 Å². The standard InChI is InChI=1S/C27H19.V/c1-3-11-22-20(7-1)16-26-18(9-5-13-24(22)26)15-19-10-6-14-25-23-12-4-2-8-21(23)17-27(19)25;/h1-15H,16-17H2;/q-1;. The number of fused-ring (bicyclic) bond motifs is 6. The van der Waals surface area contributed by atoms with E-state index in [0.717, 1.165) is 12.8 Å². The average Bonchev–Trinajstić information content (AvgIpc) is 3.28. The van der Waals surface area contributed by atoms with Gasteiger partial charge in [-0.1, -0.05) is 83.9 Å². The summed E-state index contributed by atoms with van der Waals surface area (Å²) in [5.41, 5.74) is 14.1. The largest absolute Gasteiger partial charge is 0.126 e. The van der Waals surface area contributed by atoms with Crippen LogP contribution in [0, 0.1) is 6.42 Å². The quantitative estimate of drug-likeness (QED) is 0.297. The fourth-order valence-corrected chi connectivity index (χ4v) is 4.80. The van der Waals surface area contributed by atoms with E-state index in [1.807, 2.05) is 0 Å². The van der Waals surface area contributed by atoms with Crippen LogP contribution in [0.25, 0.3) is 22.3 Å². The van der Waals surface area contributed by atoms with Crippen molar-refractivity contribution in [3.63, 3.8) is 0 Å². The van der Waals surface area contributed by atoms with E-state index in [2.05, 4.69) is 91.3 Å². The maximum absolute atomic E-state index is 2.40. The van der Waals surface area contributed by atoms with Crippen molar-refractivity contribution in [3.05, 3.63) is 125 Å². The number of rotatable bonds is 2. The molecule has 0 atom stereocenters. The Kier molecular flexibility index (Phi) is 4.20. The van der Waals surface area contributed by atoms with Gasteiger partial charge in [-0.2, -0.15) is 0 Å². The van der Waals surface area contributed by atoms with Gasteiger partial charge in [0.25, 0.3) is 0 Å². The Morgan fingerprint density at radius 3 is 1.39 bits per heavy atom. The third-order valence-corrected chi connectivity index (χ3v) is 6.09. The van der Waals surface area contributed by atoms with Crippen LogP contribution in [0.5, 0.6) is 0 Å². The van der Waals surface area contributed by atoms with Crippen LogP contribution in [0.4, 0.5) is 0 Å². The van der Waals surface area contributed by atoms with Gasteiger partial charge in [0, 0.05) is 18.6 Å². The first kappa shape index (κ1) is 17.4. The molecule has 0 unspecified atom stereocenters. The number of hydrogen-bond acceptors (Lipinski definition) is 0. The zero-order valence-corrected chi connectivity index (χ0v) is 16.9. The second kappa shape index (κ2) is 6.74. The Hall–Kier alpha value is -2.67. The number of benzene rings is 4. The van der Waals surface area contributed by atoms with Gasteiger partial charge in [0.05, 0.1) is 0 Å². The zero-order valence-electron chi connectivity index (χ0n) is 15.5. The van der Waals surface area contributed by atoms with Crippen LogP contribution in [-0.2, 0) is 31.4 Å². The molecule has 0 saturated heterocycles. The molecule has 0 aliphatic heterocycles. The summed E-state index contributed by atoms with van der Waals surface area (Å²) in [6.07, 6.45) is 4.47. The molecular formula is C27H19V-. The molecule has 133 valence electrons. The molecule has 1 heteroatoms. The molecule has 1 radical (unpaired) electrons. The van der Waals surface area contributed by atoms with E-state index in [-0.39, 0.29) is 18.6 Å². The molecule has 0 spiro atoms. The van der Waals surface area contributed by atoms with Crippen molar-refractivity contribution >= 4 is 0 Å². The molecule has 0 bridgehead atoms.